The minimum Gasteiger partial charge on any atom is -0.350 e. The molecule has 2 saturated carbocycles. The van der Waals surface area contributed by atoms with E-state index in [9.17, 15) is 10.1 Å². The highest BCUT2D eigenvalue weighted by Crippen LogP contribution is 2.56. The van der Waals surface area contributed by atoms with Crippen molar-refractivity contribution in [3.05, 3.63) is 35.8 Å². The first-order valence-electron chi connectivity index (χ1n) is 12.6. The zero-order chi connectivity index (χ0) is 23.4. The Hall–Kier alpha value is -3.21. The summed E-state index contributed by atoms with van der Waals surface area (Å²) in [5.74, 6) is 3.26. The number of amides is 1. The van der Waals surface area contributed by atoms with E-state index in [0.717, 1.165) is 62.8 Å². The standard InChI is InChI=1S/C26H31N7O/c1-17-14-32(25(34)20-5-3-6-20)18(2)13-31(17)23-22-24(30-16-29-23)33(15-26(22)8-4-9-26)21-11-19(12-27)7-10-28-21/h7,10-11,16-18,20H,3-6,8-9,13-15H2,1-2H3/t17-,18+/m1/s1. The lowest BCUT2D eigenvalue weighted by Gasteiger charge is -2.48. The van der Waals surface area contributed by atoms with Crippen molar-refractivity contribution >= 4 is 23.4 Å². The molecule has 1 saturated heterocycles. The Morgan fingerprint density at radius 3 is 2.56 bits per heavy atom. The van der Waals surface area contributed by atoms with Crippen molar-refractivity contribution in [2.24, 2.45) is 5.92 Å². The lowest BCUT2D eigenvalue weighted by Crippen LogP contribution is -2.60. The summed E-state index contributed by atoms with van der Waals surface area (Å²) >= 11 is 0. The molecule has 4 heterocycles. The van der Waals surface area contributed by atoms with Gasteiger partial charge in [-0.05, 0) is 51.7 Å². The van der Waals surface area contributed by atoms with Gasteiger partial charge in [-0.2, -0.15) is 5.26 Å². The fraction of sp³-hybridized carbons (Fsp3) is 0.577. The molecule has 1 spiro atoms. The summed E-state index contributed by atoms with van der Waals surface area (Å²) in [5, 5.41) is 9.39. The number of piperazine rings is 1. The molecular formula is C26H31N7O. The molecule has 0 radical (unpaired) electrons. The van der Waals surface area contributed by atoms with Gasteiger partial charge in [0.1, 0.15) is 23.8 Å². The number of aromatic nitrogens is 3. The number of fused-ring (bicyclic) bond motifs is 2. The van der Waals surface area contributed by atoms with Gasteiger partial charge < -0.3 is 14.7 Å². The third-order valence-corrected chi connectivity index (χ3v) is 8.51. The second kappa shape index (κ2) is 7.93. The summed E-state index contributed by atoms with van der Waals surface area (Å²) in [6.45, 7) is 6.71. The first-order valence-corrected chi connectivity index (χ1v) is 12.6. The van der Waals surface area contributed by atoms with E-state index in [4.69, 9.17) is 9.97 Å². The molecule has 1 amide bonds. The molecule has 2 atom stereocenters. The van der Waals surface area contributed by atoms with Crippen molar-refractivity contribution < 1.29 is 4.79 Å². The maximum atomic E-state index is 13.0. The van der Waals surface area contributed by atoms with E-state index in [2.05, 4.69) is 39.6 Å². The zero-order valence-corrected chi connectivity index (χ0v) is 19.9. The minimum absolute atomic E-state index is 0.0259. The second-order valence-corrected chi connectivity index (χ2v) is 10.6. The maximum Gasteiger partial charge on any atom is 0.226 e. The summed E-state index contributed by atoms with van der Waals surface area (Å²) < 4.78 is 0. The number of carbonyl (C=O) groups is 1. The molecule has 34 heavy (non-hydrogen) atoms. The molecule has 0 aromatic carbocycles. The molecule has 8 nitrogen and oxygen atoms in total. The Labute approximate surface area is 200 Å². The summed E-state index contributed by atoms with van der Waals surface area (Å²) in [7, 11) is 0. The molecule has 3 fully saturated rings. The fourth-order valence-corrected chi connectivity index (χ4v) is 6.18. The van der Waals surface area contributed by atoms with Gasteiger partial charge in [-0.1, -0.05) is 12.8 Å². The van der Waals surface area contributed by atoms with Gasteiger partial charge in [0.05, 0.1) is 11.6 Å². The van der Waals surface area contributed by atoms with E-state index in [0.29, 0.717) is 11.5 Å². The maximum absolute atomic E-state index is 13.0. The smallest absolute Gasteiger partial charge is 0.226 e. The molecule has 8 heteroatoms. The van der Waals surface area contributed by atoms with Crippen LogP contribution in [-0.2, 0) is 10.2 Å². The highest BCUT2D eigenvalue weighted by Gasteiger charge is 2.52. The molecule has 176 valence electrons. The van der Waals surface area contributed by atoms with Crippen LogP contribution in [0.3, 0.4) is 0 Å². The molecule has 2 aliphatic heterocycles. The number of anilines is 3. The van der Waals surface area contributed by atoms with Crippen LogP contribution in [0.25, 0.3) is 0 Å². The van der Waals surface area contributed by atoms with Gasteiger partial charge in [0.2, 0.25) is 5.91 Å². The second-order valence-electron chi connectivity index (χ2n) is 10.6. The molecular weight excluding hydrogens is 426 g/mol. The van der Waals surface area contributed by atoms with Crippen molar-refractivity contribution in [3.63, 3.8) is 0 Å². The van der Waals surface area contributed by atoms with Gasteiger partial charge in [-0.25, -0.2) is 15.0 Å². The van der Waals surface area contributed by atoms with Gasteiger partial charge in [0.15, 0.2) is 0 Å². The van der Waals surface area contributed by atoms with Gasteiger partial charge in [0, 0.05) is 54.8 Å². The summed E-state index contributed by atoms with van der Waals surface area (Å²) in [4.78, 5) is 33.9. The topological polar surface area (TPSA) is 89.3 Å². The first-order chi connectivity index (χ1) is 16.5. The predicted molar refractivity (Wildman–Crippen MR) is 129 cm³/mol. The van der Waals surface area contributed by atoms with Crippen LogP contribution in [0.15, 0.2) is 24.7 Å². The summed E-state index contributed by atoms with van der Waals surface area (Å²) in [5.41, 5.74) is 1.85. The van der Waals surface area contributed by atoms with E-state index in [1.807, 2.05) is 6.07 Å². The van der Waals surface area contributed by atoms with Crippen LogP contribution in [0.4, 0.5) is 17.5 Å². The Morgan fingerprint density at radius 2 is 1.88 bits per heavy atom. The molecule has 2 aliphatic carbocycles. The molecule has 2 aromatic heterocycles. The number of hydrogen-bond acceptors (Lipinski definition) is 7. The molecule has 0 unspecified atom stereocenters. The largest absolute Gasteiger partial charge is 0.350 e. The highest BCUT2D eigenvalue weighted by molar-refractivity contribution is 5.81. The number of rotatable bonds is 3. The number of hydrogen-bond donors (Lipinski definition) is 0. The van der Waals surface area contributed by atoms with E-state index in [-0.39, 0.29) is 23.4 Å². The Balaban J connectivity index is 1.35. The zero-order valence-electron chi connectivity index (χ0n) is 19.9. The van der Waals surface area contributed by atoms with Gasteiger partial charge in [0.25, 0.3) is 0 Å². The minimum atomic E-state index is 0.0259. The van der Waals surface area contributed by atoms with Crippen LogP contribution >= 0.6 is 0 Å². The molecule has 4 aliphatic rings. The lowest BCUT2D eigenvalue weighted by atomic mass is 9.66. The van der Waals surface area contributed by atoms with Gasteiger partial charge in [-0.15, -0.1) is 0 Å². The quantitative estimate of drug-likeness (QED) is 0.696. The number of carbonyl (C=O) groups excluding carboxylic acids is 1. The van der Waals surface area contributed by atoms with E-state index < -0.39 is 0 Å². The SMILES string of the molecule is C[C@@H]1CN(C(=O)C2CCC2)[C@@H](C)CN1c1ncnc2c1C1(CCC1)CN2c1cc(C#N)ccn1. The normalized spacial score (nSPS) is 25.5. The van der Waals surface area contributed by atoms with Crippen LogP contribution in [0.5, 0.6) is 0 Å². The number of pyridine rings is 1. The van der Waals surface area contributed by atoms with E-state index in [1.54, 1.807) is 18.6 Å². The fourth-order valence-electron chi connectivity index (χ4n) is 6.18. The van der Waals surface area contributed by atoms with Crippen molar-refractivity contribution in [2.45, 2.75) is 69.9 Å². The highest BCUT2D eigenvalue weighted by atomic mass is 16.2. The van der Waals surface area contributed by atoms with Gasteiger partial charge >= 0.3 is 0 Å². The Bertz CT molecular complexity index is 1170. The van der Waals surface area contributed by atoms with Crippen LogP contribution < -0.4 is 9.80 Å². The molecule has 2 aromatic rings. The van der Waals surface area contributed by atoms with E-state index >= 15 is 0 Å². The number of nitriles is 1. The van der Waals surface area contributed by atoms with Crippen LogP contribution in [0.2, 0.25) is 0 Å². The Morgan fingerprint density at radius 1 is 1.09 bits per heavy atom. The Kier molecular flexibility index (Phi) is 4.98. The third-order valence-electron chi connectivity index (χ3n) is 8.51. The van der Waals surface area contributed by atoms with Crippen molar-refractivity contribution in [3.8, 4) is 6.07 Å². The molecule has 0 bridgehead atoms. The molecule has 6 rings (SSSR count). The van der Waals surface area contributed by atoms with Crippen LogP contribution in [0, 0.1) is 17.2 Å². The van der Waals surface area contributed by atoms with E-state index in [1.165, 1.54) is 18.4 Å². The summed E-state index contributed by atoms with van der Waals surface area (Å²) in [6, 6.07) is 6.14. The predicted octanol–water partition coefficient (Wildman–Crippen LogP) is 3.54. The van der Waals surface area contributed by atoms with Crippen molar-refractivity contribution in [1.82, 2.24) is 19.9 Å². The van der Waals surface area contributed by atoms with Gasteiger partial charge in [-0.3, -0.25) is 4.79 Å². The van der Waals surface area contributed by atoms with Crippen LogP contribution in [-0.4, -0.2) is 57.5 Å². The number of nitrogens with zero attached hydrogens (tertiary/aromatic N) is 7. The first kappa shape index (κ1) is 21.3. The average molecular weight is 458 g/mol. The van der Waals surface area contributed by atoms with Crippen molar-refractivity contribution in [2.75, 3.05) is 29.4 Å². The monoisotopic (exact) mass is 457 g/mol. The third kappa shape index (κ3) is 3.17. The van der Waals surface area contributed by atoms with Crippen molar-refractivity contribution in [1.29, 1.82) is 5.26 Å². The lowest BCUT2D eigenvalue weighted by molar-refractivity contribution is -0.141. The average Bonchev–Trinajstić information content (AvgIpc) is 3.16. The van der Waals surface area contributed by atoms with Crippen LogP contribution in [0.1, 0.15) is 63.5 Å². The molecule has 0 N–H and O–H groups in total. The summed E-state index contributed by atoms with van der Waals surface area (Å²) in [6.07, 6.45) is 10.0.